The molecule has 0 aliphatic carbocycles. The molecule has 0 radical (unpaired) electrons. The van der Waals surface area contributed by atoms with Crippen molar-refractivity contribution in [2.24, 2.45) is 0 Å². The van der Waals surface area contributed by atoms with Crippen LogP contribution in [0.2, 0.25) is 0 Å². The van der Waals surface area contributed by atoms with E-state index in [1.807, 2.05) is 27.7 Å². The summed E-state index contributed by atoms with van der Waals surface area (Å²) in [4.78, 5) is 17.4. The number of nitro groups is 1. The lowest BCUT2D eigenvalue weighted by Crippen LogP contribution is -2.41. The van der Waals surface area contributed by atoms with Gasteiger partial charge in [0.05, 0.1) is 40.4 Å². The third-order valence-electron chi connectivity index (χ3n) is 5.26. The number of ether oxygens (including phenoxy) is 2. The monoisotopic (exact) mass is 531 g/mol. The molecule has 0 spiro atoms. The standard InChI is InChI=1S/C14H20BF2NO3.C6H5BrN2O3/c1-12(2)13(3,4)21-15(20-12)9-7-10(14(5,16)17)11(19-6)18-8-9;1-12-6-5(7)2-4(3-8-6)9(10)11/h7-8H,1-6H3;2-3H,1H3. The van der Waals surface area contributed by atoms with Crippen molar-refractivity contribution >= 4 is 34.2 Å². The molecule has 1 aliphatic heterocycles. The van der Waals surface area contributed by atoms with Crippen LogP contribution in [0.1, 0.15) is 40.2 Å². The minimum atomic E-state index is -3.06. The van der Waals surface area contributed by atoms with E-state index in [0.29, 0.717) is 15.8 Å². The van der Waals surface area contributed by atoms with E-state index in [1.165, 1.54) is 32.5 Å². The van der Waals surface area contributed by atoms with E-state index in [1.54, 1.807) is 0 Å². The van der Waals surface area contributed by atoms with E-state index >= 15 is 0 Å². The van der Waals surface area contributed by atoms with Crippen molar-refractivity contribution in [1.82, 2.24) is 9.97 Å². The number of methoxy groups -OCH3 is 2. The van der Waals surface area contributed by atoms with Gasteiger partial charge in [0.2, 0.25) is 11.8 Å². The first-order chi connectivity index (χ1) is 15.1. The molecule has 9 nitrogen and oxygen atoms in total. The van der Waals surface area contributed by atoms with E-state index < -0.39 is 29.2 Å². The van der Waals surface area contributed by atoms with Crippen molar-refractivity contribution in [2.45, 2.75) is 51.7 Å². The normalized spacial score (nSPS) is 16.6. The van der Waals surface area contributed by atoms with Crippen molar-refractivity contribution in [2.75, 3.05) is 14.2 Å². The zero-order valence-electron chi connectivity index (χ0n) is 19.3. The van der Waals surface area contributed by atoms with Gasteiger partial charge in [-0.2, -0.15) is 0 Å². The van der Waals surface area contributed by atoms with Gasteiger partial charge in [-0.3, -0.25) is 10.1 Å². The largest absolute Gasteiger partial charge is 0.496 e. The van der Waals surface area contributed by atoms with Crippen molar-refractivity contribution in [3.8, 4) is 11.8 Å². The Balaban J connectivity index is 0.000000273. The molecule has 1 aliphatic rings. The Labute approximate surface area is 199 Å². The summed E-state index contributed by atoms with van der Waals surface area (Å²) in [6.45, 7) is 8.41. The molecule has 1 fully saturated rings. The Morgan fingerprint density at radius 2 is 1.58 bits per heavy atom. The van der Waals surface area contributed by atoms with Crippen LogP contribution in [0.25, 0.3) is 0 Å². The highest BCUT2D eigenvalue weighted by molar-refractivity contribution is 9.10. The first-order valence-corrected chi connectivity index (χ1v) is 10.5. The summed E-state index contributed by atoms with van der Waals surface area (Å²) in [5.41, 5.74) is -0.968. The minimum Gasteiger partial charge on any atom is -0.481 e. The van der Waals surface area contributed by atoms with Crippen LogP contribution in [0.3, 0.4) is 0 Å². The van der Waals surface area contributed by atoms with Crippen LogP contribution in [-0.4, -0.2) is 47.4 Å². The molecule has 0 aromatic carbocycles. The quantitative estimate of drug-likeness (QED) is 0.320. The van der Waals surface area contributed by atoms with Gasteiger partial charge >= 0.3 is 7.12 Å². The Hall–Kier alpha value is -2.38. The average molecular weight is 532 g/mol. The Kier molecular flexibility index (Phi) is 8.03. The molecule has 33 heavy (non-hydrogen) atoms. The van der Waals surface area contributed by atoms with E-state index in [0.717, 1.165) is 13.1 Å². The van der Waals surface area contributed by atoms with Gasteiger partial charge in [0.25, 0.3) is 11.6 Å². The summed E-state index contributed by atoms with van der Waals surface area (Å²) < 4.78 is 49.2. The Bertz CT molecular complexity index is 1000. The summed E-state index contributed by atoms with van der Waals surface area (Å²) in [6.07, 6.45) is 2.58. The zero-order valence-corrected chi connectivity index (χ0v) is 20.9. The zero-order chi connectivity index (χ0) is 25.2. The minimum absolute atomic E-state index is 0.0670. The maximum absolute atomic E-state index is 13.7. The maximum atomic E-state index is 13.7. The summed E-state index contributed by atoms with van der Waals surface area (Å²) in [5.74, 6) is -2.82. The molecule has 13 heteroatoms. The van der Waals surface area contributed by atoms with Gasteiger partial charge in [-0.05, 0) is 49.7 Å². The molecular weight excluding hydrogens is 507 g/mol. The first kappa shape index (κ1) is 26.9. The van der Waals surface area contributed by atoms with Crippen LogP contribution in [0.5, 0.6) is 11.8 Å². The summed E-state index contributed by atoms with van der Waals surface area (Å²) >= 11 is 3.08. The molecule has 3 rings (SSSR count). The lowest BCUT2D eigenvalue weighted by molar-refractivity contribution is -0.385. The second-order valence-electron chi connectivity index (χ2n) is 8.24. The van der Waals surface area contributed by atoms with Gasteiger partial charge in [0.15, 0.2) is 0 Å². The predicted molar refractivity (Wildman–Crippen MR) is 121 cm³/mol. The fraction of sp³-hybridized carbons (Fsp3) is 0.500. The lowest BCUT2D eigenvalue weighted by Gasteiger charge is -2.32. The molecule has 0 saturated carbocycles. The number of alkyl halides is 2. The lowest BCUT2D eigenvalue weighted by atomic mass is 9.79. The molecule has 0 N–H and O–H groups in total. The summed E-state index contributed by atoms with van der Waals surface area (Å²) in [6, 6.07) is 2.67. The molecule has 0 unspecified atom stereocenters. The molecule has 180 valence electrons. The third-order valence-corrected chi connectivity index (χ3v) is 5.83. The van der Waals surface area contributed by atoms with Crippen molar-refractivity contribution < 1.29 is 32.5 Å². The molecule has 1 saturated heterocycles. The van der Waals surface area contributed by atoms with Crippen LogP contribution < -0.4 is 14.9 Å². The van der Waals surface area contributed by atoms with Gasteiger partial charge in [-0.25, -0.2) is 18.7 Å². The van der Waals surface area contributed by atoms with Gasteiger partial charge < -0.3 is 18.8 Å². The van der Waals surface area contributed by atoms with E-state index in [9.17, 15) is 18.9 Å². The number of nitrogens with zero attached hydrogens (tertiary/aromatic N) is 3. The highest BCUT2D eigenvalue weighted by atomic mass is 79.9. The maximum Gasteiger partial charge on any atom is 0.496 e. The van der Waals surface area contributed by atoms with Crippen molar-refractivity contribution in [3.63, 3.8) is 0 Å². The van der Waals surface area contributed by atoms with E-state index in [2.05, 4.69) is 25.9 Å². The van der Waals surface area contributed by atoms with Crippen LogP contribution in [0.4, 0.5) is 14.5 Å². The Morgan fingerprint density at radius 1 is 1.06 bits per heavy atom. The van der Waals surface area contributed by atoms with E-state index in [-0.39, 0.29) is 17.1 Å². The average Bonchev–Trinajstić information content (AvgIpc) is 2.94. The van der Waals surface area contributed by atoms with Crippen LogP contribution in [-0.2, 0) is 15.2 Å². The highest BCUT2D eigenvalue weighted by Gasteiger charge is 2.52. The predicted octanol–water partition coefficient (Wildman–Crippen LogP) is 4.26. The first-order valence-electron chi connectivity index (χ1n) is 9.74. The molecule has 3 heterocycles. The number of hydrogen-bond donors (Lipinski definition) is 0. The van der Waals surface area contributed by atoms with E-state index in [4.69, 9.17) is 18.8 Å². The summed E-state index contributed by atoms with van der Waals surface area (Å²) in [7, 11) is 2.03. The second-order valence-corrected chi connectivity index (χ2v) is 9.10. The van der Waals surface area contributed by atoms with Crippen molar-refractivity contribution in [1.29, 1.82) is 0 Å². The molecule has 0 amide bonds. The number of pyridine rings is 2. The molecule has 2 aromatic rings. The highest BCUT2D eigenvalue weighted by Crippen LogP contribution is 2.37. The fourth-order valence-corrected chi connectivity index (χ4v) is 3.22. The van der Waals surface area contributed by atoms with Crippen LogP contribution in [0, 0.1) is 10.1 Å². The molecule has 0 bridgehead atoms. The van der Waals surface area contributed by atoms with Gasteiger partial charge in [0.1, 0.15) is 6.20 Å². The van der Waals surface area contributed by atoms with Crippen molar-refractivity contribution in [3.05, 3.63) is 44.7 Å². The SMILES string of the molecule is COc1ncc(B2OC(C)(C)C(C)(C)O2)cc1C(C)(F)F.COc1ncc([N+](=O)[O-])cc1Br. The van der Waals surface area contributed by atoms with Crippen LogP contribution >= 0.6 is 15.9 Å². The number of halogens is 3. The summed E-state index contributed by atoms with van der Waals surface area (Å²) in [5, 5.41) is 10.3. The van der Waals surface area contributed by atoms with Gasteiger partial charge in [0, 0.05) is 24.6 Å². The number of hydrogen-bond acceptors (Lipinski definition) is 8. The third kappa shape index (κ3) is 6.15. The van der Waals surface area contributed by atoms with Gasteiger partial charge in [-0.15, -0.1) is 0 Å². The van der Waals surface area contributed by atoms with Crippen LogP contribution in [0.15, 0.2) is 29.0 Å². The second kappa shape index (κ2) is 9.86. The molecule has 2 aromatic heterocycles. The number of aromatic nitrogens is 2. The smallest absolute Gasteiger partial charge is 0.481 e. The number of rotatable bonds is 5. The fourth-order valence-electron chi connectivity index (χ4n) is 2.72. The Morgan fingerprint density at radius 3 is 2.00 bits per heavy atom. The molecule has 0 atom stereocenters. The molecular formula is C20H25BBrF2N3O6. The van der Waals surface area contributed by atoms with Gasteiger partial charge in [-0.1, -0.05) is 0 Å². The topological polar surface area (TPSA) is 106 Å².